The molecule has 0 spiro atoms. The third kappa shape index (κ3) is 3.77. The van der Waals surface area contributed by atoms with Crippen molar-refractivity contribution >= 4 is 11.9 Å². The topological polar surface area (TPSA) is 55.4 Å². The summed E-state index contributed by atoms with van der Waals surface area (Å²) in [5.41, 5.74) is -0.0211. The van der Waals surface area contributed by atoms with E-state index in [1.54, 1.807) is 0 Å². The minimum atomic E-state index is -0.419. The molecule has 14 heavy (non-hydrogen) atoms. The van der Waals surface area contributed by atoms with E-state index >= 15 is 0 Å². The van der Waals surface area contributed by atoms with Gasteiger partial charge in [-0.1, -0.05) is 20.8 Å². The zero-order valence-corrected chi connectivity index (χ0v) is 8.92. The van der Waals surface area contributed by atoms with Crippen molar-refractivity contribution in [3.05, 3.63) is 0 Å². The van der Waals surface area contributed by atoms with E-state index in [1.807, 2.05) is 20.8 Å². The van der Waals surface area contributed by atoms with Gasteiger partial charge in [0, 0.05) is 18.9 Å². The van der Waals surface area contributed by atoms with Crippen molar-refractivity contribution in [2.75, 3.05) is 6.61 Å². The van der Waals surface area contributed by atoms with Crippen LogP contribution in [-0.2, 0) is 9.53 Å². The molecule has 0 aromatic carbocycles. The summed E-state index contributed by atoms with van der Waals surface area (Å²) in [7, 11) is 0. The minimum Gasteiger partial charge on any atom is -0.449 e. The average molecular weight is 199 g/mol. The lowest BCUT2D eigenvalue weighted by Crippen LogP contribution is -2.45. The van der Waals surface area contributed by atoms with Gasteiger partial charge in [0.25, 0.3) is 0 Å². The summed E-state index contributed by atoms with van der Waals surface area (Å²) in [6.07, 6.45) is 0.479. The molecule has 1 aliphatic carbocycles. The number of Topliss-reactive ketones (excluding diaryl/α,β-unsaturated/α-hetero) is 1. The Labute approximate surface area is 84.0 Å². The Morgan fingerprint density at radius 2 is 2.07 bits per heavy atom. The Bertz CT molecular complexity index is 234. The summed E-state index contributed by atoms with van der Waals surface area (Å²) in [6.45, 7) is 6.37. The molecular formula is C10H17NO3. The lowest BCUT2D eigenvalue weighted by Gasteiger charge is -2.25. The van der Waals surface area contributed by atoms with Crippen LogP contribution in [0.2, 0.25) is 0 Å². The van der Waals surface area contributed by atoms with Crippen molar-refractivity contribution in [1.82, 2.24) is 5.32 Å². The number of amides is 1. The molecule has 0 aromatic heterocycles. The van der Waals surface area contributed by atoms with E-state index in [1.165, 1.54) is 0 Å². The highest BCUT2D eigenvalue weighted by atomic mass is 16.5. The number of rotatable bonds is 2. The lowest BCUT2D eigenvalue weighted by molar-refractivity contribution is -0.124. The highest BCUT2D eigenvalue weighted by molar-refractivity contribution is 5.87. The third-order valence-electron chi connectivity index (χ3n) is 1.91. The molecule has 0 saturated heterocycles. The summed E-state index contributed by atoms with van der Waals surface area (Å²) >= 11 is 0. The Morgan fingerprint density at radius 1 is 1.50 bits per heavy atom. The van der Waals surface area contributed by atoms with E-state index in [-0.39, 0.29) is 17.2 Å². The molecule has 4 heteroatoms. The summed E-state index contributed by atoms with van der Waals surface area (Å²) in [6, 6.07) is -0.00466. The standard InChI is InChI=1S/C10H17NO3/c1-10(2,3)6-14-9(13)11-7-4-8(12)5-7/h7H,4-6H2,1-3H3,(H,11,13). The molecule has 0 radical (unpaired) electrons. The third-order valence-corrected chi connectivity index (χ3v) is 1.91. The Hall–Kier alpha value is -1.06. The van der Waals surface area contributed by atoms with Gasteiger partial charge in [0.15, 0.2) is 0 Å². The van der Waals surface area contributed by atoms with Crippen molar-refractivity contribution in [3.63, 3.8) is 0 Å². The fraction of sp³-hybridized carbons (Fsp3) is 0.800. The van der Waals surface area contributed by atoms with Crippen LogP contribution >= 0.6 is 0 Å². The van der Waals surface area contributed by atoms with Gasteiger partial charge in [-0.05, 0) is 5.41 Å². The van der Waals surface area contributed by atoms with E-state index in [4.69, 9.17) is 4.74 Å². The molecule has 1 saturated carbocycles. The van der Waals surface area contributed by atoms with E-state index < -0.39 is 6.09 Å². The van der Waals surface area contributed by atoms with Crippen molar-refractivity contribution in [2.24, 2.45) is 5.41 Å². The van der Waals surface area contributed by atoms with E-state index in [0.29, 0.717) is 19.4 Å². The molecule has 0 unspecified atom stereocenters. The molecule has 1 aliphatic rings. The number of ketones is 1. The zero-order valence-electron chi connectivity index (χ0n) is 8.92. The van der Waals surface area contributed by atoms with Crippen LogP contribution in [0.4, 0.5) is 4.79 Å². The van der Waals surface area contributed by atoms with Crippen molar-refractivity contribution in [1.29, 1.82) is 0 Å². The largest absolute Gasteiger partial charge is 0.449 e. The predicted molar refractivity (Wildman–Crippen MR) is 52.0 cm³/mol. The number of nitrogens with one attached hydrogen (secondary N) is 1. The van der Waals surface area contributed by atoms with E-state index in [9.17, 15) is 9.59 Å². The molecule has 0 heterocycles. The van der Waals surface area contributed by atoms with E-state index in [2.05, 4.69) is 5.32 Å². The number of ether oxygens (including phenoxy) is 1. The summed E-state index contributed by atoms with van der Waals surface area (Å²) in [4.78, 5) is 21.8. The second kappa shape index (κ2) is 3.98. The zero-order chi connectivity index (χ0) is 10.8. The fourth-order valence-corrected chi connectivity index (χ4v) is 1.08. The molecule has 80 valence electrons. The summed E-state index contributed by atoms with van der Waals surface area (Å²) in [5, 5.41) is 2.64. The SMILES string of the molecule is CC(C)(C)COC(=O)NC1CC(=O)C1. The quantitative estimate of drug-likeness (QED) is 0.733. The number of carbonyl (C=O) groups excluding carboxylic acids is 2. The first kappa shape index (κ1) is 11.0. The summed E-state index contributed by atoms with van der Waals surface area (Å²) < 4.78 is 4.99. The first-order chi connectivity index (χ1) is 6.37. The Morgan fingerprint density at radius 3 is 2.50 bits per heavy atom. The first-order valence-electron chi connectivity index (χ1n) is 4.82. The average Bonchev–Trinajstić information content (AvgIpc) is 1.97. The molecule has 1 rings (SSSR count). The maximum atomic E-state index is 11.2. The second-order valence-corrected chi connectivity index (χ2v) is 4.92. The second-order valence-electron chi connectivity index (χ2n) is 4.92. The van der Waals surface area contributed by atoms with Gasteiger partial charge in [-0.15, -0.1) is 0 Å². The van der Waals surface area contributed by atoms with Crippen LogP contribution in [0.5, 0.6) is 0 Å². The van der Waals surface area contributed by atoms with E-state index in [0.717, 1.165) is 0 Å². The van der Waals surface area contributed by atoms with Crippen LogP contribution < -0.4 is 5.32 Å². The normalized spacial score (nSPS) is 17.5. The molecular weight excluding hydrogens is 182 g/mol. The van der Waals surface area contributed by atoms with Crippen LogP contribution in [-0.4, -0.2) is 24.5 Å². The van der Waals surface area contributed by atoms with Gasteiger partial charge in [-0.2, -0.15) is 0 Å². The molecule has 0 aliphatic heterocycles. The van der Waals surface area contributed by atoms with Crippen molar-refractivity contribution in [2.45, 2.75) is 39.7 Å². The van der Waals surface area contributed by atoms with Crippen LogP contribution in [0.15, 0.2) is 0 Å². The van der Waals surface area contributed by atoms with Gasteiger partial charge >= 0.3 is 6.09 Å². The molecule has 1 amide bonds. The maximum absolute atomic E-state index is 11.2. The fourth-order valence-electron chi connectivity index (χ4n) is 1.08. The molecule has 0 bridgehead atoms. The molecule has 0 atom stereocenters. The van der Waals surface area contributed by atoms with Crippen LogP contribution in [0.1, 0.15) is 33.6 Å². The monoisotopic (exact) mass is 199 g/mol. The van der Waals surface area contributed by atoms with Gasteiger partial charge < -0.3 is 10.1 Å². The van der Waals surface area contributed by atoms with Gasteiger partial charge in [-0.3, -0.25) is 4.79 Å². The number of hydrogen-bond acceptors (Lipinski definition) is 3. The first-order valence-corrected chi connectivity index (χ1v) is 4.82. The number of carbonyl (C=O) groups is 2. The van der Waals surface area contributed by atoms with Crippen molar-refractivity contribution in [3.8, 4) is 0 Å². The molecule has 0 aromatic rings. The van der Waals surface area contributed by atoms with Crippen LogP contribution in [0.3, 0.4) is 0 Å². The van der Waals surface area contributed by atoms with Crippen LogP contribution in [0.25, 0.3) is 0 Å². The minimum absolute atomic E-state index is 0.00466. The lowest BCUT2D eigenvalue weighted by atomic mass is 9.92. The van der Waals surface area contributed by atoms with Gasteiger partial charge in [0.2, 0.25) is 0 Å². The molecule has 1 N–H and O–H groups in total. The maximum Gasteiger partial charge on any atom is 0.407 e. The van der Waals surface area contributed by atoms with Crippen molar-refractivity contribution < 1.29 is 14.3 Å². The van der Waals surface area contributed by atoms with Gasteiger partial charge in [0.05, 0.1) is 6.61 Å². The number of hydrogen-bond donors (Lipinski definition) is 1. The summed E-state index contributed by atoms with van der Waals surface area (Å²) in [5.74, 6) is 0.200. The van der Waals surface area contributed by atoms with Crippen LogP contribution in [0, 0.1) is 5.41 Å². The highest BCUT2D eigenvalue weighted by Gasteiger charge is 2.28. The Balaban J connectivity index is 2.14. The highest BCUT2D eigenvalue weighted by Crippen LogP contribution is 2.15. The molecule has 4 nitrogen and oxygen atoms in total. The molecule has 1 fully saturated rings. The number of alkyl carbamates (subject to hydrolysis) is 1. The smallest absolute Gasteiger partial charge is 0.407 e. The van der Waals surface area contributed by atoms with Gasteiger partial charge in [-0.25, -0.2) is 4.79 Å². The predicted octanol–water partition coefficient (Wildman–Crippen LogP) is 1.49. The Kier molecular flexibility index (Phi) is 3.13. The van der Waals surface area contributed by atoms with Gasteiger partial charge in [0.1, 0.15) is 5.78 Å².